The number of carbonyl (C=O) groups is 2. The number of carboxylic acid groups (broad SMARTS) is 1. The van der Waals surface area contributed by atoms with Crippen LogP contribution in [-0.4, -0.2) is 37.2 Å². The summed E-state index contributed by atoms with van der Waals surface area (Å²) in [6.45, 7) is 4.91. The lowest BCUT2D eigenvalue weighted by molar-refractivity contribution is -0.682. The number of nitrogens with one attached hydrogen (secondary N) is 1. The van der Waals surface area contributed by atoms with Gasteiger partial charge >= 0.3 is 0 Å². The van der Waals surface area contributed by atoms with E-state index in [2.05, 4.69) is 5.32 Å². The Bertz CT molecular complexity index is 505. The summed E-state index contributed by atoms with van der Waals surface area (Å²) < 4.78 is 18.1. The van der Waals surface area contributed by atoms with Crippen molar-refractivity contribution in [2.24, 2.45) is 0 Å². The Hall–Kier alpha value is -1.99. The van der Waals surface area contributed by atoms with Gasteiger partial charge in [0.1, 0.15) is 11.9 Å². The first kappa shape index (κ1) is 19.1. The van der Waals surface area contributed by atoms with E-state index in [-0.39, 0.29) is 12.5 Å². The lowest BCUT2D eigenvalue weighted by Gasteiger charge is -2.16. The van der Waals surface area contributed by atoms with Gasteiger partial charge in [-0.2, -0.15) is 0 Å². The molecular weight excluding hydrogens is 303 g/mol. The van der Waals surface area contributed by atoms with Gasteiger partial charge in [0, 0.05) is 12.1 Å². The van der Waals surface area contributed by atoms with Gasteiger partial charge in [-0.3, -0.25) is 4.79 Å². The number of halogens is 1. The molecule has 0 radical (unpaired) electrons. The summed E-state index contributed by atoms with van der Waals surface area (Å²) in [6.07, 6.45) is 0.597. The highest BCUT2D eigenvalue weighted by molar-refractivity contribution is 5.93. The van der Waals surface area contributed by atoms with Crippen molar-refractivity contribution in [2.45, 2.75) is 38.8 Å². The molecule has 0 aliphatic carbocycles. The molecule has 0 bridgehead atoms. The van der Waals surface area contributed by atoms with Crippen molar-refractivity contribution in [3.8, 4) is 0 Å². The van der Waals surface area contributed by atoms with E-state index < -0.39 is 23.7 Å². The number of hydrogen-bond donors (Lipinski definition) is 2. The topological polar surface area (TPSA) is 95.1 Å². The standard InChI is InChI=1S/C16H23FN2O4/c1-11(2)23-9-3-8-18-14(16(21)22)10-15(20)19-13-6-4-12(17)5-7-13/h4-7,11,14,18H,3,8-10H2,1-2H3,(H,19,20)(H,21,22)/t14-/m0/s1. The van der Waals surface area contributed by atoms with Gasteiger partial charge in [-0.15, -0.1) is 0 Å². The maximum absolute atomic E-state index is 12.8. The Morgan fingerprint density at radius 2 is 1.96 bits per heavy atom. The van der Waals surface area contributed by atoms with E-state index in [0.29, 0.717) is 25.3 Å². The third kappa shape index (κ3) is 8.27. The summed E-state index contributed by atoms with van der Waals surface area (Å²) in [5.41, 5.74) is 0.416. The number of carboxylic acids is 1. The van der Waals surface area contributed by atoms with Crippen molar-refractivity contribution < 1.29 is 29.1 Å². The predicted molar refractivity (Wildman–Crippen MR) is 80.9 cm³/mol. The Morgan fingerprint density at radius 1 is 1.30 bits per heavy atom. The third-order valence-corrected chi connectivity index (χ3v) is 3.09. The number of quaternary nitrogens is 1. The van der Waals surface area contributed by atoms with E-state index in [1.54, 1.807) is 5.32 Å². The van der Waals surface area contributed by atoms with Crippen LogP contribution in [0.3, 0.4) is 0 Å². The van der Waals surface area contributed by atoms with E-state index in [4.69, 9.17) is 4.74 Å². The van der Waals surface area contributed by atoms with Gasteiger partial charge in [-0.25, -0.2) is 4.39 Å². The molecule has 0 aliphatic heterocycles. The number of amides is 1. The number of aliphatic carboxylic acids is 1. The van der Waals surface area contributed by atoms with Gasteiger partial charge in [0.15, 0.2) is 0 Å². The monoisotopic (exact) mass is 326 g/mol. The molecule has 0 unspecified atom stereocenters. The van der Waals surface area contributed by atoms with Crippen LogP contribution in [0.25, 0.3) is 0 Å². The summed E-state index contributed by atoms with van der Waals surface area (Å²) >= 11 is 0. The predicted octanol–water partition coefficient (Wildman–Crippen LogP) is -0.349. The first-order valence-corrected chi connectivity index (χ1v) is 7.59. The van der Waals surface area contributed by atoms with Gasteiger partial charge in [0.2, 0.25) is 5.91 Å². The molecule has 1 aromatic carbocycles. The van der Waals surface area contributed by atoms with Gasteiger partial charge in [0.05, 0.1) is 31.6 Å². The molecule has 0 saturated carbocycles. The zero-order chi connectivity index (χ0) is 17.2. The Kier molecular flexibility index (Phi) is 8.21. The Morgan fingerprint density at radius 3 is 2.52 bits per heavy atom. The molecule has 0 spiro atoms. The van der Waals surface area contributed by atoms with Crippen LogP contribution < -0.4 is 15.7 Å². The molecular formula is C16H23FN2O4. The zero-order valence-electron chi connectivity index (χ0n) is 13.4. The molecule has 23 heavy (non-hydrogen) atoms. The Labute approximate surface area is 135 Å². The first-order chi connectivity index (χ1) is 10.9. The third-order valence-electron chi connectivity index (χ3n) is 3.09. The van der Waals surface area contributed by atoms with Crippen molar-refractivity contribution in [1.29, 1.82) is 0 Å². The van der Waals surface area contributed by atoms with Gasteiger partial charge < -0.3 is 25.3 Å². The minimum Gasteiger partial charge on any atom is -0.544 e. The van der Waals surface area contributed by atoms with Crippen molar-refractivity contribution in [3.05, 3.63) is 30.1 Å². The normalized spacial score (nSPS) is 12.2. The van der Waals surface area contributed by atoms with Gasteiger partial charge in [0.25, 0.3) is 0 Å². The average molecular weight is 326 g/mol. The van der Waals surface area contributed by atoms with E-state index >= 15 is 0 Å². The number of ether oxygens (including phenoxy) is 1. The summed E-state index contributed by atoms with van der Waals surface area (Å²) in [4.78, 5) is 23.0. The first-order valence-electron chi connectivity index (χ1n) is 7.59. The number of rotatable bonds is 10. The molecule has 7 heteroatoms. The van der Waals surface area contributed by atoms with Crippen LogP contribution in [0.1, 0.15) is 26.7 Å². The second-order valence-electron chi connectivity index (χ2n) is 5.48. The highest BCUT2D eigenvalue weighted by atomic mass is 19.1. The number of carbonyl (C=O) groups excluding carboxylic acids is 2. The maximum Gasteiger partial charge on any atom is 0.230 e. The van der Waals surface area contributed by atoms with Crippen LogP contribution in [0.5, 0.6) is 0 Å². The van der Waals surface area contributed by atoms with E-state index in [1.807, 2.05) is 13.8 Å². The van der Waals surface area contributed by atoms with Crippen LogP contribution in [0.2, 0.25) is 0 Å². The molecule has 128 valence electrons. The number of nitrogens with two attached hydrogens (primary N) is 1. The van der Waals surface area contributed by atoms with Crippen LogP contribution in [0.15, 0.2) is 24.3 Å². The van der Waals surface area contributed by atoms with Crippen molar-refractivity contribution in [3.63, 3.8) is 0 Å². The van der Waals surface area contributed by atoms with Crippen LogP contribution in [0, 0.1) is 5.82 Å². The molecule has 1 aromatic rings. The minimum atomic E-state index is -1.29. The fraction of sp³-hybridized carbons (Fsp3) is 0.500. The molecule has 1 rings (SSSR count). The fourth-order valence-electron chi connectivity index (χ4n) is 1.93. The highest BCUT2D eigenvalue weighted by Crippen LogP contribution is 2.08. The molecule has 1 atom stereocenters. The van der Waals surface area contributed by atoms with Crippen molar-refractivity contribution in [1.82, 2.24) is 0 Å². The maximum atomic E-state index is 12.8. The number of anilines is 1. The number of hydrogen-bond acceptors (Lipinski definition) is 4. The summed E-state index contributed by atoms with van der Waals surface area (Å²) in [5, 5.41) is 15.2. The molecule has 0 aliphatic rings. The lowest BCUT2D eigenvalue weighted by atomic mass is 10.2. The molecule has 0 saturated heterocycles. The lowest BCUT2D eigenvalue weighted by Crippen LogP contribution is -2.93. The van der Waals surface area contributed by atoms with Crippen LogP contribution in [0.4, 0.5) is 10.1 Å². The van der Waals surface area contributed by atoms with E-state index in [1.165, 1.54) is 24.3 Å². The number of benzene rings is 1. The van der Waals surface area contributed by atoms with Gasteiger partial charge in [-0.05, 0) is 38.1 Å². The molecule has 6 nitrogen and oxygen atoms in total. The summed E-state index contributed by atoms with van der Waals surface area (Å²) in [5.74, 6) is -2.16. The molecule has 0 heterocycles. The second kappa shape index (κ2) is 9.91. The Balaban J connectivity index is 2.37. The second-order valence-corrected chi connectivity index (χ2v) is 5.48. The smallest absolute Gasteiger partial charge is 0.230 e. The molecule has 1 amide bonds. The zero-order valence-corrected chi connectivity index (χ0v) is 13.4. The van der Waals surface area contributed by atoms with Crippen LogP contribution in [-0.2, 0) is 14.3 Å². The van der Waals surface area contributed by atoms with Crippen molar-refractivity contribution in [2.75, 3.05) is 18.5 Å². The fourth-order valence-corrected chi connectivity index (χ4v) is 1.93. The SMILES string of the molecule is CC(C)OCCC[NH2+][C@@H](CC(=O)Nc1ccc(F)cc1)C(=O)[O-]. The average Bonchev–Trinajstić information content (AvgIpc) is 2.47. The quantitative estimate of drug-likeness (QED) is 0.575. The minimum absolute atomic E-state index is 0.133. The highest BCUT2D eigenvalue weighted by Gasteiger charge is 2.18. The largest absolute Gasteiger partial charge is 0.544 e. The molecule has 0 aromatic heterocycles. The molecule has 3 N–H and O–H groups in total. The van der Waals surface area contributed by atoms with E-state index in [0.717, 1.165) is 0 Å². The summed E-state index contributed by atoms with van der Waals surface area (Å²) in [7, 11) is 0. The summed E-state index contributed by atoms with van der Waals surface area (Å²) in [6, 6.07) is 4.29. The van der Waals surface area contributed by atoms with E-state index in [9.17, 15) is 19.1 Å². The molecule has 0 fully saturated rings. The van der Waals surface area contributed by atoms with Gasteiger partial charge in [-0.1, -0.05) is 0 Å². The van der Waals surface area contributed by atoms with Crippen molar-refractivity contribution >= 4 is 17.6 Å². The van der Waals surface area contributed by atoms with Crippen LogP contribution >= 0.6 is 0 Å².